The minimum atomic E-state index is 0.0920. The molecule has 1 aliphatic rings. The number of hydrogen-bond acceptors (Lipinski definition) is 2. The van der Waals surface area contributed by atoms with E-state index < -0.39 is 0 Å². The fraction of sp³-hybridized carbons (Fsp3) is 0.364. The van der Waals surface area contributed by atoms with Gasteiger partial charge in [-0.3, -0.25) is 4.79 Å². The van der Waals surface area contributed by atoms with Gasteiger partial charge in [-0.1, -0.05) is 30.3 Å². The van der Waals surface area contributed by atoms with E-state index in [0.29, 0.717) is 12.6 Å². The van der Waals surface area contributed by atoms with Crippen molar-refractivity contribution in [3.8, 4) is 0 Å². The van der Waals surface area contributed by atoms with Gasteiger partial charge in [0.1, 0.15) is 0 Å². The maximum Gasteiger partial charge on any atom is 0.234 e. The third-order valence-electron chi connectivity index (χ3n) is 2.42. The van der Waals surface area contributed by atoms with Crippen LogP contribution < -0.4 is 10.6 Å². The van der Waals surface area contributed by atoms with Gasteiger partial charge in [-0.2, -0.15) is 0 Å². The Morgan fingerprint density at radius 2 is 2.07 bits per heavy atom. The molecule has 1 amide bonds. The lowest BCUT2D eigenvalue weighted by atomic mass is 10.0. The molecule has 3 nitrogen and oxygen atoms in total. The molecule has 0 spiro atoms. The van der Waals surface area contributed by atoms with Gasteiger partial charge in [-0.25, -0.2) is 0 Å². The number of carbonyl (C=O) groups is 1. The van der Waals surface area contributed by atoms with Crippen LogP contribution in [0.2, 0.25) is 0 Å². The highest BCUT2D eigenvalue weighted by Gasteiger charge is 2.16. The van der Waals surface area contributed by atoms with Gasteiger partial charge in [-0.15, -0.1) is 0 Å². The van der Waals surface area contributed by atoms with E-state index in [1.165, 1.54) is 5.56 Å². The maximum absolute atomic E-state index is 10.9. The SMILES string of the molecule is O=C1CN[C@@H](Cc2ccccc2)CN1. The fourth-order valence-electron chi connectivity index (χ4n) is 1.65. The van der Waals surface area contributed by atoms with Crippen LogP contribution in [-0.2, 0) is 11.2 Å². The third kappa shape index (κ3) is 2.33. The van der Waals surface area contributed by atoms with Gasteiger partial charge < -0.3 is 10.6 Å². The Labute approximate surface area is 83.5 Å². The molecular weight excluding hydrogens is 176 g/mol. The molecule has 0 radical (unpaired) electrons. The van der Waals surface area contributed by atoms with Crippen molar-refractivity contribution in [2.45, 2.75) is 12.5 Å². The lowest BCUT2D eigenvalue weighted by molar-refractivity contribution is -0.121. The van der Waals surface area contributed by atoms with Crippen molar-refractivity contribution >= 4 is 5.91 Å². The van der Waals surface area contributed by atoms with Gasteiger partial charge in [0.15, 0.2) is 0 Å². The molecule has 0 aliphatic carbocycles. The number of amides is 1. The van der Waals surface area contributed by atoms with Crippen LogP contribution in [-0.4, -0.2) is 25.0 Å². The second-order valence-corrected chi connectivity index (χ2v) is 3.57. The summed E-state index contributed by atoms with van der Waals surface area (Å²) in [7, 11) is 0. The summed E-state index contributed by atoms with van der Waals surface area (Å²) in [5, 5.41) is 6.06. The Morgan fingerprint density at radius 3 is 2.71 bits per heavy atom. The van der Waals surface area contributed by atoms with E-state index in [0.717, 1.165) is 13.0 Å². The van der Waals surface area contributed by atoms with Crippen molar-refractivity contribution in [3.63, 3.8) is 0 Å². The first kappa shape index (κ1) is 9.21. The molecule has 1 aromatic rings. The van der Waals surface area contributed by atoms with Crippen LogP contribution in [0.3, 0.4) is 0 Å². The highest BCUT2D eigenvalue weighted by atomic mass is 16.2. The van der Waals surface area contributed by atoms with E-state index >= 15 is 0 Å². The van der Waals surface area contributed by atoms with E-state index in [1.54, 1.807) is 0 Å². The predicted molar refractivity (Wildman–Crippen MR) is 54.9 cm³/mol. The molecule has 2 rings (SSSR count). The molecule has 1 saturated heterocycles. The lowest BCUT2D eigenvalue weighted by Gasteiger charge is -2.23. The highest BCUT2D eigenvalue weighted by Crippen LogP contribution is 2.03. The molecular formula is C11H14N2O. The lowest BCUT2D eigenvalue weighted by Crippen LogP contribution is -2.52. The van der Waals surface area contributed by atoms with Gasteiger partial charge in [0.25, 0.3) is 0 Å². The molecule has 14 heavy (non-hydrogen) atoms. The molecule has 1 fully saturated rings. The largest absolute Gasteiger partial charge is 0.353 e. The zero-order chi connectivity index (χ0) is 9.80. The topological polar surface area (TPSA) is 41.1 Å². The molecule has 2 N–H and O–H groups in total. The number of piperazine rings is 1. The summed E-state index contributed by atoms with van der Waals surface area (Å²) in [4.78, 5) is 10.9. The summed E-state index contributed by atoms with van der Waals surface area (Å²) in [5.41, 5.74) is 1.31. The molecule has 1 aromatic carbocycles. The second kappa shape index (κ2) is 4.24. The van der Waals surface area contributed by atoms with E-state index in [4.69, 9.17) is 0 Å². The minimum absolute atomic E-state index is 0.0920. The Bertz CT molecular complexity index is 300. The summed E-state index contributed by atoms with van der Waals surface area (Å²) in [6, 6.07) is 10.7. The molecule has 0 bridgehead atoms. The molecule has 3 heteroatoms. The van der Waals surface area contributed by atoms with E-state index in [2.05, 4.69) is 22.8 Å². The quantitative estimate of drug-likeness (QED) is 0.705. The molecule has 1 heterocycles. The van der Waals surface area contributed by atoms with Crippen LogP contribution in [0.25, 0.3) is 0 Å². The van der Waals surface area contributed by atoms with Gasteiger partial charge in [0, 0.05) is 12.6 Å². The minimum Gasteiger partial charge on any atom is -0.353 e. The van der Waals surface area contributed by atoms with Crippen molar-refractivity contribution in [3.05, 3.63) is 35.9 Å². The van der Waals surface area contributed by atoms with Crippen LogP contribution in [0.5, 0.6) is 0 Å². The van der Waals surface area contributed by atoms with Crippen LogP contribution in [0, 0.1) is 0 Å². The van der Waals surface area contributed by atoms with Crippen LogP contribution in [0.15, 0.2) is 30.3 Å². The summed E-state index contributed by atoms with van der Waals surface area (Å²) in [6.07, 6.45) is 0.973. The average molecular weight is 190 g/mol. The van der Waals surface area contributed by atoms with Crippen molar-refractivity contribution in [2.75, 3.05) is 13.1 Å². The fourth-order valence-corrected chi connectivity index (χ4v) is 1.65. The summed E-state index contributed by atoms with van der Waals surface area (Å²) >= 11 is 0. The van der Waals surface area contributed by atoms with E-state index in [1.807, 2.05) is 18.2 Å². The second-order valence-electron chi connectivity index (χ2n) is 3.57. The normalized spacial score (nSPS) is 21.7. The molecule has 0 unspecified atom stereocenters. The van der Waals surface area contributed by atoms with Gasteiger partial charge in [0.05, 0.1) is 6.54 Å². The molecule has 1 atom stereocenters. The zero-order valence-corrected chi connectivity index (χ0v) is 7.99. The monoisotopic (exact) mass is 190 g/mol. The van der Waals surface area contributed by atoms with Crippen molar-refractivity contribution in [1.29, 1.82) is 0 Å². The van der Waals surface area contributed by atoms with Gasteiger partial charge in [0.2, 0.25) is 5.91 Å². The number of benzene rings is 1. The molecule has 1 aliphatic heterocycles. The number of nitrogens with one attached hydrogen (secondary N) is 2. The third-order valence-corrected chi connectivity index (χ3v) is 2.42. The van der Waals surface area contributed by atoms with Gasteiger partial charge >= 0.3 is 0 Å². The number of rotatable bonds is 2. The summed E-state index contributed by atoms with van der Waals surface area (Å²) in [6.45, 7) is 1.17. The van der Waals surface area contributed by atoms with Crippen molar-refractivity contribution in [2.24, 2.45) is 0 Å². The molecule has 74 valence electrons. The standard InChI is InChI=1S/C11H14N2O/c14-11-8-12-10(7-13-11)6-9-4-2-1-3-5-9/h1-5,10,12H,6-8H2,(H,13,14)/t10-/m0/s1. The Hall–Kier alpha value is -1.35. The predicted octanol–water partition coefficient (Wildman–Crippen LogP) is 0.317. The highest BCUT2D eigenvalue weighted by molar-refractivity contribution is 5.78. The Morgan fingerprint density at radius 1 is 1.29 bits per heavy atom. The van der Waals surface area contributed by atoms with E-state index in [9.17, 15) is 4.79 Å². The number of hydrogen-bond donors (Lipinski definition) is 2. The summed E-state index contributed by atoms with van der Waals surface area (Å²) < 4.78 is 0. The molecule has 0 saturated carbocycles. The van der Waals surface area contributed by atoms with Crippen LogP contribution in [0.4, 0.5) is 0 Å². The Balaban J connectivity index is 1.89. The van der Waals surface area contributed by atoms with Gasteiger partial charge in [-0.05, 0) is 12.0 Å². The zero-order valence-electron chi connectivity index (χ0n) is 7.99. The van der Waals surface area contributed by atoms with Crippen LogP contribution >= 0.6 is 0 Å². The molecule has 0 aromatic heterocycles. The first-order chi connectivity index (χ1) is 6.84. The number of carbonyl (C=O) groups excluding carboxylic acids is 1. The average Bonchev–Trinajstić information content (AvgIpc) is 2.23. The van der Waals surface area contributed by atoms with Crippen LogP contribution in [0.1, 0.15) is 5.56 Å². The van der Waals surface area contributed by atoms with Crippen molar-refractivity contribution < 1.29 is 4.79 Å². The smallest absolute Gasteiger partial charge is 0.234 e. The first-order valence-electron chi connectivity index (χ1n) is 4.88. The summed E-state index contributed by atoms with van der Waals surface area (Å²) in [5.74, 6) is 0.0920. The first-order valence-corrected chi connectivity index (χ1v) is 4.88. The maximum atomic E-state index is 10.9. The Kier molecular flexibility index (Phi) is 2.79. The van der Waals surface area contributed by atoms with E-state index in [-0.39, 0.29) is 5.91 Å². The van der Waals surface area contributed by atoms with Crippen molar-refractivity contribution in [1.82, 2.24) is 10.6 Å².